The summed E-state index contributed by atoms with van der Waals surface area (Å²) in [7, 11) is 0. The van der Waals surface area contributed by atoms with Gasteiger partial charge in [-0.2, -0.15) is 11.8 Å². The number of nitrogens with two attached hydrogens (primary N) is 1. The fraction of sp³-hybridized carbons (Fsp3) is 0.667. The van der Waals surface area contributed by atoms with E-state index >= 15 is 0 Å². The highest BCUT2D eigenvalue weighted by Gasteiger charge is 2.29. The lowest BCUT2D eigenvalue weighted by Gasteiger charge is -2.29. The van der Waals surface area contributed by atoms with Gasteiger partial charge in [0.2, 0.25) is 0 Å². The minimum Gasteiger partial charge on any atom is -0.397 e. The van der Waals surface area contributed by atoms with Crippen LogP contribution in [0.4, 0.5) is 5.69 Å². The molecule has 1 aromatic heterocycles. The average molecular weight is 295 g/mol. The van der Waals surface area contributed by atoms with Gasteiger partial charge in [0.1, 0.15) is 5.69 Å². The maximum Gasteiger partial charge on any atom is 0.268 e. The Kier molecular flexibility index (Phi) is 4.68. The number of nitrogen functional groups attached to an aromatic ring is 1. The molecular weight excluding hydrogens is 270 g/mol. The summed E-state index contributed by atoms with van der Waals surface area (Å²) in [6, 6.07) is 2.25. The summed E-state index contributed by atoms with van der Waals surface area (Å²) in [4.78, 5) is 12.4. The maximum atomic E-state index is 12.4. The highest BCUT2D eigenvalue weighted by Crippen LogP contribution is 2.37. The van der Waals surface area contributed by atoms with Crippen LogP contribution in [0.15, 0.2) is 12.3 Å². The summed E-state index contributed by atoms with van der Waals surface area (Å²) >= 11 is 1.84. The van der Waals surface area contributed by atoms with Crippen molar-refractivity contribution >= 4 is 23.4 Å². The second kappa shape index (κ2) is 6.12. The molecule has 0 saturated heterocycles. The number of hydrogen-bond acceptors (Lipinski definition) is 3. The van der Waals surface area contributed by atoms with Crippen molar-refractivity contribution < 1.29 is 4.79 Å². The Morgan fingerprint density at radius 2 is 2.15 bits per heavy atom. The predicted octanol–water partition coefficient (Wildman–Crippen LogP) is 3.06. The predicted molar refractivity (Wildman–Crippen MR) is 86.3 cm³/mol. The Morgan fingerprint density at radius 1 is 1.50 bits per heavy atom. The highest BCUT2D eigenvalue weighted by atomic mass is 32.2. The number of rotatable bonds is 7. The molecule has 1 saturated carbocycles. The molecule has 1 amide bonds. The van der Waals surface area contributed by atoms with Crippen molar-refractivity contribution in [3.8, 4) is 0 Å². The first kappa shape index (κ1) is 15.3. The van der Waals surface area contributed by atoms with E-state index in [0.717, 1.165) is 25.7 Å². The van der Waals surface area contributed by atoms with E-state index < -0.39 is 0 Å². The van der Waals surface area contributed by atoms with Crippen molar-refractivity contribution in [2.45, 2.75) is 50.3 Å². The molecule has 0 bridgehead atoms. The third-order valence-electron chi connectivity index (χ3n) is 4.34. The lowest BCUT2D eigenvalue weighted by molar-refractivity contribution is 0.0939. The van der Waals surface area contributed by atoms with Crippen molar-refractivity contribution in [3.63, 3.8) is 0 Å². The molecule has 0 atom stereocenters. The molecule has 0 aliphatic heterocycles. The number of nitrogens with zero attached hydrogens (tertiary/aromatic N) is 1. The SMILES string of the molecule is CCC(CC)(CNC(=O)c1cc(N)cn1C1CC1)SC. The standard InChI is InChI=1S/C15H25N3OS/c1-4-15(5-2,20-3)10-17-14(19)13-8-11(16)9-18(13)12-6-7-12/h8-9,12H,4-7,10,16H2,1-3H3,(H,17,19). The number of hydrogen-bond donors (Lipinski definition) is 2. The third kappa shape index (κ3) is 3.14. The number of nitrogens with one attached hydrogen (secondary N) is 1. The molecule has 1 heterocycles. The van der Waals surface area contributed by atoms with Gasteiger partial charge >= 0.3 is 0 Å². The first-order valence-corrected chi connectivity index (χ1v) is 8.58. The van der Waals surface area contributed by atoms with Crippen molar-refractivity contribution in [1.29, 1.82) is 0 Å². The van der Waals surface area contributed by atoms with Crippen LogP contribution in [0.25, 0.3) is 0 Å². The lowest BCUT2D eigenvalue weighted by atomic mass is 10.0. The second-order valence-electron chi connectivity index (χ2n) is 5.57. The van der Waals surface area contributed by atoms with Crippen molar-refractivity contribution in [1.82, 2.24) is 9.88 Å². The number of amides is 1. The molecule has 1 aliphatic carbocycles. The quantitative estimate of drug-likeness (QED) is 0.813. The van der Waals surface area contributed by atoms with Crippen LogP contribution >= 0.6 is 11.8 Å². The van der Waals surface area contributed by atoms with E-state index in [1.807, 2.05) is 22.5 Å². The lowest BCUT2D eigenvalue weighted by Crippen LogP contribution is -2.40. The Hall–Kier alpha value is -1.10. The third-order valence-corrected chi connectivity index (χ3v) is 5.92. The number of aromatic nitrogens is 1. The zero-order valence-electron chi connectivity index (χ0n) is 12.6. The smallest absolute Gasteiger partial charge is 0.268 e. The van der Waals surface area contributed by atoms with E-state index in [1.165, 1.54) is 0 Å². The van der Waals surface area contributed by atoms with E-state index in [4.69, 9.17) is 5.73 Å². The fourth-order valence-corrected chi connectivity index (χ4v) is 3.32. The van der Waals surface area contributed by atoms with Gasteiger partial charge in [0.15, 0.2) is 0 Å². The molecule has 0 radical (unpaired) electrons. The van der Waals surface area contributed by atoms with Crippen LogP contribution in [-0.2, 0) is 0 Å². The van der Waals surface area contributed by atoms with Crippen molar-refractivity contribution in [2.75, 3.05) is 18.5 Å². The zero-order chi connectivity index (χ0) is 14.8. The Bertz CT molecular complexity index is 467. The van der Waals surface area contributed by atoms with E-state index in [9.17, 15) is 4.79 Å². The number of thioether (sulfide) groups is 1. The summed E-state index contributed by atoms with van der Waals surface area (Å²) in [5.41, 5.74) is 7.21. The molecule has 20 heavy (non-hydrogen) atoms. The van der Waals surface area contributed by atoms with Crippen LogP contribution in [0, 0.1) is 0 Å². The summed E-state index contributed by atoms with van der Waals surface area (Å²) in [5, 5.41) is 3.09. The molecule has 1 aliphatic rings. The monoisotopic (exact) mass is 295 g/mol. The molecule has 5 heteroatoms. The summed E-state index contributed by atoms with van der Waals surface area (Å²) in [5.74, 6) is -0.00562. The van der Waals surface area contributed by atoms with Gasteiger partial charge in [0.05, 0.1) is 5.69 Å². The molecule has 0 unspecified atom stereocenters. The Balaban J connectivity index is 2.05. The van der Waals surface area contributed by atoms with Crippen LogP contribution in [0.1, 0.15) is 56.1 Å². The van der Waals surface area contributed by atoms with E-state index in [-0.39, 0.29) is 10.7 Å². The van der Waals surface area contributed by atoms with Gasteiger partial charge in [-0.1, -0.05) is 13.8 Å². The maximum absolute atomic E-state index is 12.4. The molecule has 2 rings (SSSR count). The van der Waals surface area contributed by atoms with Gasteiger partial charge in [0, 0.05) is 23.5 Å². The van der Waals surface area contributed by atoms with E-state index in [2.05, 4.69) is 25.4 Å². The van der Waals surface area contributed by atoms with Gasteiger partial charge in [-0.25, -0.2) is 0 Å². The second-order valence-corrected chi connectivity index (χ2v) is 6.85. The Labute approximate surface area is 125 Å². The molecule has 112 valence electrons. The van der Waals surface area contributed by atoms with Crippen LogP contribution in [0.3, 0.4) is 0 Å². The minimum absolute atomic E-state index is 0.00562. The zero-order valence-corrected chi connectivity index (χ0v) is 13.4. The van der Waals surface area contributed by atoms with Crippen LogP contribution in [-0.4, -0.2) is 28.0 Å². The van der Waals surface area contributed by atoms with Gasteiger partial charge in [-0.05, 0) is 38.0 Å². The Morgan fingerprint density at radius 3 is 2.65 bits per heavy atom. The van der Waals surface area contributed by atoms with Crippen molar-refractivity contribution in [3.05, 3.63) is 18.0 Å². The van der Waals surface area contributed by atoms with Gasteiger partial charge in [0.25, 0.3) is 5.91 Å². The molecule has 3 N–H and O–H groups in total. The molecule has 1 aromatic rings. The summed E-state index contributed by atoms with van der Waals surface area (Å²) < 4.78 is 2.17. The largest absolute Gasteiger partial charge is 0.397 e. The van der Waals surface area contributed by atoms with E-state index in [1.54, 1.807) is 6.07 Å². The molecular formula is C15H25N3OS. The fourth-order valence-electron chi connectivity index (χ4n) is 2.53. The highest BCUT2D eigenvalue weighted by molar-refractivity contribution is 8.00. The molecule has 0 spiro atoms. The van der Waals surface area contributed by atoms with Crippen molar-refractivity contribution in [2.24, 2.45) is 0 Å². The number of carbonyl (C=O) groups is 1. The van der Waals surface area contributed by atoms with Crippen LogP contribution in [0.5, 0.6) is 0 Å². The summed E-state index contributed by atoms with van der Waals surface area (Å²) in [6.45, 7) is 5.06. The number of carbonyl (C=O) groups excluding carboxylic acids is 1. The summed E-state index contributed by atoms with van der Waals surface area (Å²) in [6.07, 6.45) is 8.39. The molecule has 4 nitrogen and oxygen atoms in total. The first-order valence-electron chi connectivity index (χ1n) is 7.36. The van der Waals surface area contributed by atoms with Gasteiger partial charge in [-0.15, -0.1) is 0 Å². The topological polar surface area (TPSA) is 60.1 Å². The number of anilines is 1. The molecule has 1 fully saturated rings. The normalized spacial score (nSPS) is 15.3. The first-order chi connectivity index (χ1) is 9.55. The van der Waals surface area contributed by atoms with Crippen LogP contribution in [0.2, 0.25) is 0 Å². The van der Waals surface area contributed by atoms with E-state index in [0.29, 0.717) is 24.0 Å². The molecule has 0 aromatic carbocycles. The average Bonchev–Trinajstić information content (AvgIpc) is 3.23. The van der Waals surface area contributed by atoms with Gasteiger partial charge in [-0.3, -0.25) is 4.79 Å². The van der Waals surface area contributed by atoms with Crippen LogP contribution < -0.4 is 11.1 Å². The minimum atomic E-state index is -0.00562. The van der Waals surface area contributed by atoms with Gasteiger partial charge < -0.3 is 15.6 Å².